The Morgan fingerprint density at radius 1 is 1.16 bits per heavy atom. The minimum absolute atomic E-state index is 0.0123. The summed E-state index contributed by atoms with van der Waals surface area (Å²) in [5, 5.41) is 8.26. The lowest BCUT2D eigenvalue weighted by Gasteiger charge is -2.22. The number of benzene rings is 2. The Kier molecular flexibility index (Phi) is 7.29. The number of amides is 1. The van der Waals surface area contributed by atoms with Gasteiger partial charge in [0.2, 0.25) is 5.88 Å². The summed E-state index contributed by atoms with van der Waals surface area (Å²) in [5.41, 5.74) is 2.52. The van der Waals surface area contributed by atoms with Crippen LogP contribution in [0.3, 0.4) is 0 Å². The second kappa shape index (κ2) is 10.5. The van der Waals surface area contributed by atoms with E-state index in [1.165, 1.54) is 0 Å². The average molecular weight is 456 g/mol. The van der Waals surface area contributed by atoms with E-state index in [0.29, 0.717) is 29.1 Å². The lowest BCUT2D eigenvalue weighted by molar-refractivity contribution is -0.123. The van der Waals surface area contributed by atoms with Gasteiger partial charge in [-0.2, -0.15) is 5.10 Å². The normalized spacial score (nSPS) is 14.2. The summed E-state index contributed by atoms with van der Waals surface area (Å²) in [4.78, 5) is 12.1. The number of hydrogen-bond donors (Lipinski definition) is 1. The standard InChI is InChI=1S/C24H26ClN3O4/c1-30-24-14-22(27-28(24)20-6-4-19(25)5-7-20)18-2-8-21(9-3-18)32-16-23(29)26-15-17-10-12-31-13-11-17/h2-9,14,17H,10-13,15-16H2,1H3,(H,26,29). The molecule has 1 aromatic heterocycles. The fraction of sp³-hybridized carbons (Fsp3) is 0.333. The second-order valence-corrected chi connectivity index (χ2v) is 8.07. The summed E-state index contributed by atoms with van der Waals surface area (Å²) in [6.07, 6.45) is 1.97. The van der Waals surface area contributed by atoms with Gasteiger partial charge in [-0.3, -0.25) is 4.79 Å². The van der Waals surface area contributed by atoms with Crippen LogP contribution in [0.25, 0.3) is 16.9 Å². The second-order valence-electron chi connectivity index (χ2n) is 7.63. The monoisotopic (exact) mass is 455 g/mol. The van der Waals surface area contributed by atoms with Crippen LogP contribution in [0.1, 0.15) is 12.8 Å². The Bertz CT molecular complexity index is 1030. The highest BCUT2D eigenvalue weighted by atomic mass is 35.5. The van der Waals surface area contributed by atoms with Crippen LogP contribution in [0, 0.1) is 5.92 Å². The van der Waals surface area contributed by atoms with E-state index in [9.17, 15) is 4.79 Å². The van der Waals surface area contributed by atoms with Gasteiger partial charge in [0.25, 0.3) is 5.91 Å². The molecule has 2 heterocycles. The molecule has 7 nitrogen and oxygen atoms in total. The highest BCUT2D eigenvalue weighted by Gasteiger charge is 2.15. The van der Waals surface area contributed by atoms with Crippen molar-refractivity contribution in [1.29, 1.82) is 0 Å². The fourth-order valence-corrected chi connectivity index (χ4v) is 3.67. The van der Waals surface area contributed by atoms with Crippen LogP contribution in [0.5, 0.6) is 11.6 Å². The van der Waals surface area contributed by atoms with Crippen LogP contribution in [0.2, 0.25) is 5.02 Å². The molecule has 8 heteroatoms. The predicted octanol–water partition coefficient (Wildman–Crippen LogP) is 4.12. The molecule has 1 amide bonds. The van der Waals surface area contributed by atoms with Gasteiger partial charge >= 0.3 is 0 Å². The third kappa shape index (κ3) is 5.60. The number of rotatable bonds is 8. The minimum Gasteiger partial charge on any atom is -0.484 e. The molecule has 1 aliphatic heterocycles. The Balaban J connectivity index is 1.35. The maximum absolute atomic E-state index is 12.1. The molecule has 168 valence electrons. The number of nitrogens with one attached hydrogen (secondary N) is 1. The van der Waals surface area contributed by atoms with Crippen molar-refractivity contribution in [2.24, 2.45) is 5.92 Å². The first kappa shape index (κ1) is 22.2. The fourth-order valence-electron chi connectivity index (χ4n) is 3.55. The highest BCUT2D eigenvalue weighted by molar-refractivity contribution is 6.30. The zero-order chi connectivity index (χ0) is 22.3. The molecule has 0 spiro atoms. The Morgan fingerprint density at radius 2 is 1.88 bits per heavy atom. The Labute approximate surface area is 192 Å². The zero-order valence-electron chi connectivity index (χ0n) is 17.9. The van der Waals surface area contributed by atoms with Crippen molar-refractivity contribution in [2.75, 3.05) is 33.5 Å². The Hall–Kier alpha value is -3.03. The summed E-state index contributed by atoms with van der Waals surface area (Å²) >= 11 is 5.98. The van der Waals surface area contributed by atoms with Gasteiger partial charge < -0.3 is 19.5 Å². The molecule has 3 aromatic rings. The lowest BCUT2D eigenvalue weighted by Crippen LogP contribution is -2.35. The first-order valence-electron chi connectivity index (χ1n) is 10.6. The average Bonchev–Trinajstić information content (AvgIpc) is 3.27. The molecule has 32 heavy (non-hydrogen) atoms. The van der Waals surface area contributed by atoms with Crippen LogP contribution < -0.4 is 14.8 Å². The van der Waals surface area contributed by atoms with E-state index in [4.69, 9.17) is 25.8 Å². The van der Waals surface area contributed by atoms with Crippen molar-refractivity contribution in [3.8, 4) is 28.6 Å². The molecular formula is C24H26ClN3O4. The first-order chi connectivity index (χ1) is 15.6. The van der Waals surface area contributed by atoms with Crippen LogP contribution >= 0.6 is 11.6 Å². The minimum atomic E-state index is -0.119. The van der Waals surface area contributed by atoms with Crippen molar-refractivity contribution in [3.63, 3.8) is 0 Å². The van der Waals surface area contributed by atoms with Gasteiger partial charge in [-0.15, -0.1) is 0 Å². The van der Waals surface area contributed by atoms with Crippen LogP contribution in [-0.2, 0) is 9.53 Å². The molecule has 4 rings (SSSR count). The molecule has 0 unspecified atom stereocenters. The summed E-state index contributed by atoms with van der Waals surface area (Å²) in [5.74, 6) is 1.60. The quantitative estimate of drug-likeness (QED) is 0.553. The van der Waals surface area contributed by atoms with Crippen molar-refractivity contribution in [3.05, 3.63) is 59.6 Å². The van der Waals surface area contributed by atoms with Gasteiger partial charge in [-0.25, -0.2) is 4.68 Å². The van der Waals surface area contributed by atoms with Gasteiger partial charge in [-0.1, -0.05) is 11.6 Å². The van der Waals surface area contributed by atoms with Gasteiger partial charge in [0.1, 0.15) is 5.75 Å². The zero-order valence-corrected chi connectivity index (χ0v) is 18.7. The molecule has 1 aliphatic rings. The SMILES string of the molecule is COc1cc(-c2ccc(OCC(=O)NCC3CCOCC3)cc2)nn1-c1ccc(Cl)cc1. The molecule has 1 N–H and O–H groups in total. The smallest absolute Gasteiger partial charge is 0.257 e. The number of carbonyl (C=O) groups is 1. The van der Waals surface area contributed by atoms with Crippen LogP contribution in [0.4, 0.5) is 0 Å². The Morgan fingerprint density at radius 3 is 2.56 bits per heavy atom. The topological polar surface area (TPSA) is 74.6 Å². The van der Waals surface area contributed by atoms with E-state index < -0.39 is 0 Å². The third-order valence-electron chi connectivity index (χ3n) is 5.41. The van der Waals surface area contributed by atoms with E-state index in [1.54, 1.807) is 11.8 Å². The number of halogens is 1. The molecule has 1 fully saturated rings. The molecule has 0 aliphatic carbocycles. The molecule has 1 saturated heterocycles. The number of hydrogen-bond acceptors (Lipinski definition) is 5. The van der Waals surface area contributed by atoms with E-state index in [2.05, 4.69) is 10.4 Å². The third-order valence-corrected chi connectivity index (χ3v) is 5.66. The molecule has 0 radical (unpaired) electrons. The van der Waals surface area contributed by atoms with Crippen LogP contribution in [-0.4, -0.2) is 49.2 Å². The van der Waals surface area contributed by atoms with Crippen molar-refractivity contribution < 1.29 is 19.0 Å². The van der Waals surface area contributed by atoms with Gasteiger partial charge in [0, 0.05) is 36.4 Å². The molecule has 0 saturated carbocycles. The molecule has 2 aromatic carbocycles. The number of methoxy groups -OCH3 is 1. The first-order valence-corrected chi connectivity index (χ1v) is 11.0. The number of ether oxygens (including phenoxy) is 3. The predicted molar refractivity (Wildman–Crippen MR) is 123 cm³/mol. The lowest BCUT2D eigenvalue weighted by atomic mass is 10.0. The highest BCUT2D eigenvalue weighted by Crippen LogP contribution is 2.28. The summed E-state index contributed by atoms with van der Waals surface area (Å²) in [6.45, 7) is 2.20. The number of carbonyl (C=O) groups excluding carboxylic acids is 1. The van der Waals surface area contributed by atoms with Gasteiger partial charge in [-0.05, 0) is 67.3 Å². The van der Waals surface area contributed by atoms with E-state index >= 15 is 0 Å². The largest absolute Gasteiger partial charge is 0.484 e. The van der Waals surface area contributed by atoms with Gasteiger partial charge in [0.15, 0.2) is 6.61 Å². The van der Waals surface area contributed by atoms with Gasteiger partial charge in [0.05, 0.1) is 18.5 Å². The van der Waals surface area contributed by atoms with E-state index in [1.807, 2.05) is 54.6 Å². The number of aromatic nitrogens is 2. The van der Waals surface area contributed by atoms with Crippen molar-refractivity contribution in [1.82, 2.24) is 15.1 Å². The summed E-state index contributed by atoms with van der Waals surface area (Å²) < 4.78 is 18.2. The summed E-state index contributed by atoms with van der Waals surface area (Å²) in [6, 6.07) is 16.7. The molecule has 0 atom stereocenters. The maximum Gasteiger partial charge on any atom is 0.257 e. The number of nitrogens with zero attached hydrogens (tertiary/aromatic N) is 2. The molecule has 0 bridgehead atoms. The van der Waals surface area contributed by atoms with E-state index in [0.717, 1.165) is 43.0 Å². The van der Waals surface area contributed by atoms with Crippen molar-refractivity contribution in [2.45, 2.75) is 12.8 Å². The van der Waals surface area contributed by atoms with Crippen molar-refractivity contribution >= 4 is 17.5 Å². The molecular weight excluding hydrogens is 430 g/mol. The maximum atomic E-state index is 12.1. The summed E-state index contributed by atoms with van der Waals surface area (Å²) in [7, 11) is 1.61. The van der Waals surface area contributed by atoms with E-state index in [-0.39, 0.29) is 12.5 Å². The van der Waals surface area contributed by atoms with Crippen LogP contribution in [0.15, 0.2) is 54.6 Å².